The van der Waals surface area contributed by atoms with Gasteiger partial charge < -0.3 is 15.4 Å². The molecule has 0 saturated carbocycles. The van der Waals surface area contributed by atoms with Gasteiger partial charge in [0.1, 0.15) is 5.82 Å². The summed E-state index contributed by atoms with van der Waals surface area (Å²) in [6, 6.07) is 4.06. The topological polar surface area (TPSA) is 72.8 Å². The summed E-state index contributed by atoms with van der Waals surface area (Å²) in [6.45, 7) is 0. The average Bonchev–Trinajstić information content (AvgIpc) is 2.61. The zero-order valence-electron chi connectivity index (χ0n) is 8.86. The van der Waals surface area contributed by atoms with E-state index in [1.165, 1.54) is 18.2 Å². The van der Waals surface area contributed by atoms with Crippen LogP contribution >= 0.6 is 12.2 Å². The minimum Gasteiger partial charge on any atom is -0.493 e. The van der Waals surface area contributed by atoms with Crippen molar-refractivity contribution in [1.82, 2.24) is 10.3 Å². The van der Waals surface area contributed by atoms with Crippen LogP contribution in [0.2, 0.25) is 0 Å². The molecule has 0 aliphatic carbocycles. The van der Waals surface area contributed by atoms with Crippen molar-refractivity contribution in [3.05, 3.63) is 24.0 Å². The van der Waals surface area contributed by atoms with E-state index in [2.05, 4.69) is 20.5 Å². The van der Waals surface area contributed by atoms with Gasteiger partial charge in [-0.05, 0) is 30.4 Å². The quantitative estimate of drug-likeness (QED) is 0.539. The third kappa shape index (κ3) is 2.23. The number of nitrogens with one attached hydrogen (secondary N) is 2. The molecule has 7 heteroatoms. The van der Waals surface area contributed by atoms with E-state index in [4.69, 9.17) is 12.2 Å². The number of aromatic amines is 1. The van der Waals surface area contributed by atoms with Gasteiger partial charge in [0.25, 0.3) is 0 Å². The predicted molar refractivity (Wildman–Crippen MR) is 66.1 cm³/mol. The summed E-state index contributed by atoms with van der Waals surface area (Å²) in [5, 5.41) is 20.5. The van der Waals surface area contributed by atoms with E-state index >= 15 is 0 Å². The van der Waals surface area contributed by atoms with Gasteiger partial charge in [0.2, 0.25) is 11.0 Å². The number of aromatic hydroxyl groups is 1. The van der Waals surface area contributed by atoms with Gasteiger partial charge in [-0.1, -0.05) is 0 Å². The molecule has 17 heavy (non-hydrogen) atoms. The third-order valence-corrected chi connectivity index (χ3v) is 2.45. The standard InChI is InChI=1S/C10H9FN4OS/c1-12-10(17)15-14-8-6-3-2-5(11)4-7(6)13-9(8)16/h2-4,13,16H,1H3,(H,12,17). The average molecular weight is 252 g/mol. The first-order valence-electron chi connectivity index (χ1n) is 4.75. The molecule has 1 heterocycles. The second-order valence-electron chi connectivity index (χ2n) is 3.27. The number of nitrogens with zero attached hydrogens (tertiary/aromatic N) is 2. The number of thiocarbonyl (C=S) groups is 1. The zero-order valence-corrected chi connectivity index (χ0v) is 9.68. The number of H-pyrrole nitrogens is 1. The highest BCUT2D eigenvalue weighted by molar-refractivity contribution is 7.80. The minimum absolute atomic E-state index is 0.173. The van der Waals surface area contributed by atoms with Gasteiger partial charge in [0, 0.05) is 12.4 Å². The number of fused-ring (bicyclic) bond motifs is 1. The number of halogens is 1. The first-order chi connectivity index (χ1) is 8.11. The smallest absolute Gasteiger partial charge is 0.218 e. The lowest BCUT2D eigenvalue weighted by Crippen LogP contribution is -2.11. The molecule has 2 rings (SSSR count). The number of azo groups is 1. The molecule has 88 valence electrons. The molecule has 0 bridgehead atoms. The lowest BCUT2D eigenvalue weighted by Gasteiger charge is -1.93. The monoisotopic (exact) mass is 252 g/mol. The van der Waals surface area contributed by atoms with Crippen molar-refractivity contribution in [2.45, 2.75) is 0 Å². The fourth-order valence-electron chi connectivity index (χ4n) is 1.39. The number of benzene rings is 1. The maximum atomic E-state index is 13.0. The van der Waals surface area contributed by atoms with Crippen LogP contribution in [0.3, 0.4) is 0 Å². The maximum absolute atomic E-state index is 13.0. The van der Waals surface area contributed by atoms with Gasteiger partial charge >= 0.3 is 0 Å². The van der Waals surface area contributed by atoms with Crippen molar-refractivity contribution >= 4 is 33.9 Å². The summed E-state index contributed by atoms with van der Waals surface area (Å²) in [5.74, 6) is -0.568. The predicted octanol–water partition coefficient (Wildman–Crippen LogP) is 2.60. The van der Waals surface area contributed by atoms with Crippen LogP contribution < -0.4 is 5.32 Å². The third-order valence-electron chi connectivity index (χ3n) is 2.17. The van der Waals surface area contributed by atoms with Gasteiger partial charge in [-0.25, -0.2) is 4.39 Å². The van der Waals surface area contributed by atoms with E-state index in [0.717, 1.165) is 0 Å². The molecule has 0 aliphatic heterocycles. The summed E-state index contributed by atoms with van der Waals surface area (Å²) in [7, 11) is 1.62. The Labute approximate surface area is 101 Å². The number of hydrogen-bond acceptors (Lipinski definition) is 3. The van der Waals surface area contributed by atoms with Gasteiger partial charge in [-0.2, -0.15) is 0 Å². The lowest BCUT2D eigenvalue weighted by molar-refractivity contribution is 0.459. The van der Waals surface area contributed by atoms with Crippen LogP contribution in [0, 0.1) is 5.82 Å². The van der Waals surface area contributed by atoms with E-state index < -0.39 is 5.82 Å². The van der Waals surface area contributed by atoms with Crippen LogP contribution in [0.25, 0.3) is 10.9 Å². The molecule has 3 N–H and O–H groups in total. The van der Waals surface area contributed by atoms with E-state index in [1.807, 2.05) is 0 Å². The van der Waals surface area contributed by atoms with Gasteiger partial charge in [0.15, 0.2) is 5.69 Å². The Hall–Kier alpha value is -2.02. The minimum atomic E-state index is -0.395. The zero-order chi connectivity index (χ0) is 12.4. The first-order valence-corrected chi connectivity index (χ1v) is 5.16. The van der Waals surface area contributed by atoms with Gasteiger partial charge in [-0.3, -0.25) is 0 Å². The van der Waals surface area contributed by atoms with Crippen LogP contribution in [-0.2, 0) is 0 Å². The Morgan fingerprint density at radius 2 is 2.29 bits per heavy atom. The van der Waals surface area contributed by atoms with Crippen molar-refractivity contribution < 1.29 is 9.50 Å². The van der Waals surface area contributed by atoms with Gasteiger partial charge in [-0.15, -0.1) is 10.2 Å². The number of aromatic nitrogens is 1. The lowest BCUT2D eigenvalue weighted by atomic mass is 10.2. The SMILES string of the molecule is CNC(=S)N=Nc1c(O)[nH]c2cc(F)ccc12. The molecule has 1 aromatic heterocycles. The Morgan fingerprint density at radius 3 is 3.00 bits per heavy atom. The van der Waals surface area contributed by atoms with E-state index in [9.17, 15) is 9.50 Å². The molecule has 0 saturated heterocycles. The molecule has 0 radical (unpaired) electrons. The first kappa shape index (κ1) is 11.5. The molecule has 1 aromatic carbocycles. The number of rotatable bonds is 1. The summed E-state index contributed by atoms with van der Waals surface area (Å²) in [5.41, 5.74) is 0.685. The molecule has 0 amide bonds. The van der Waals surface area contributed by atoms with Crippen molar-refractivity contribution in [1.29, 1.82) is 0 Å². The van der Waals surface area contributed by atoms with Crippen LogP contribution in [0.4, 0.5) is 10.1 Å². The van der Waals surface area contributed by atoms with Crippen molar-refractivity contribution in [2.75, 3.05) is 7.05 Å². The molecular formula is C10H9FN4OS. The van der Waals surface area contributed by atoms with E-state index in [-0.39, 0.29) is 16.7 Å². The van der Waals surface area contributed by atoms with Crippen LogP contribution in [0.15, 0.2) is 28.4 Å². The van der Waals surface area contributed by atoms with Crippen molar-refractivity contribution in [2.24, 2.45) is 10.2 Å². The van der Waals surface area contributed by atoms with E-state index in [1.54, 1.807) is 7.05 Å². The molecule has 0 spiro atoms. The molecule has 2 aromatic rings. The normalized spacial score (nSPS) is 11.2. The summed E-state index contributed by atoms with van der Waals surface area (Å²) in [4.78, 5) is 2.61. The van der Waals surface area contributed by atoms with Crippen molar-refractivity contribution in [3.8, 4) is 5.88 Å². The van der Waals surface area contributed by atoms with Crippen LogP contribution in [0.1, 0.15) is 0 Å². The molecular weight excluding hydrogens is 243 g/mol. The maximum Gasteiger partial charge on any atom is 0.218 e. The highest BCUT2D eigenvalue weighted by Gasteiger charge is 2.10. The Morgan fingerprint density at radius 1 is 1.53 bits per heavy atom. The molecule has 0 unspecified atom stereocenters. The highest BCUT2D eigenvalue weighted by Crippen LogP contribution is 2.35. The Bertz CT molecular complexity index is 608. The Kier molecular flexibility index (Phi) is 3.01. The Balaban J connectivity index is 2.50. The molecule has 0 aliphatic rings. The molecule has 0 atom stereocenters. The largest absolute Gasteiger partial charge is 0.493 e. The second kappa shape index (κ2) is 4.46. The van der Waals surface area contributed by atoms with E-state index in [0.29, 0.717) is 10.9 Å². The molecule has 0 fully saturated rings. The fraction of sp³-hybridized carbons (Fsp3) is 0.100. The second-order valence-corrected chi connectivity index (χ2v) is 3.65. The van der Waals surface area contributed by atoms with Crippen LogP contribution in [0.5, 0.6) is 5.88 Å². The van der Waals surface area contributed by atoms with Crippen LogP contribution in [-0.4, -0.2) is 22.3 Å². The van der Waals surface area contributed by atoms with Crippen molar-refractivity contribution in [3.63, 3.8) is 0 Å². The number of hydrogen-bond donors (Lipinski definition) is 3. The fourth-order valence-corrected chi connectivity index (χ4v) is 1.43. The van der Waals surface area contributed by atoms with Gasteiger partial charge in [0.05, 0.1) is 5.52 Å². The molecule has 5 nitrogen and oxygen atoms in total. The summed E-state index contributed by atoms with van der Waals surface area (Å²) in [6.07, 6.45) is 0. The summed E-state index contributed by atoms with van der Waals surface area (Å²) < 4.78 is 13.0. The highest BCUT2D eigenvalue weighted by atomic mass is 32.1. The summed E-state index contributed by atoms with van der Waals surface area (Å²) >= 11 is 4.79.